The van der Waals surface area contributed by atoms with Gasteiger partial charge in [-0.2, -0.15) is 0 Å². The summed E-state index contributed by atoms with van der Waals surface area (Å²) in [6, 6.07) is 15.3. The number of carbonyl (C=O) groups excluding carboxylic acids is 1. The van der Waals surface area contributed by atoms with E-state index in [0.717, 1.165) is 64.3 Å². The lowest BCUT2D eigenvalue weighted by molar-refractivity contribution is -0.109. The summed E-state index contributed by atoms with van der Waals surface area (Å²) in [7, 11) is 0. The van der Waals surface area contributed by atoms with E-state index in [1.165, 1.54) is 0 Å². The van der Waals surface area contributed by atoms with Crippen molar-refractivity contribution >= 4 is 85.3 Å². The molecule has 0 amide bonds. The van der Waals surface area contributed by atoms with E-state index in [-0.39, 0.29) is 52.6 Å². The molecule has 1 aliphatic carbocycles. The van der Waals surface area contributed by atoms with E-state index in [1.54, 1.807) is 0 Å². The second kappa shape index (κ2) is 11.4. The summed E-state index contributed by atoms with van der Waals surface area (Å²) in [5, 5.41) is 28.9. The van der Waals surface area contributed by atoms with Crippen molar-refractivity contribution in [3.05, 3.63) is 80.3 Å². The summed E-state index contributed by atoms with van der Waals surface area (Å²) >= 11 is 13.4. The van der Waals surface area contributed by atoms with Crippen LogP contribution in [0.3, 0.4) is 0 Å². The largest absolute Gasteiger partial charge is 0.506 e. The standard InChI is InChI=1S/C40H41Cl2N3O4/c1-19-15-39(6,16-20(2)48-19)43-30-13-11-28(41)25-8-7-24(23(5)32(25)30)34-37(46)35(38(34)47)27-10-9-26-29(42)12-14-31-33(26)36(27)45-40(44-31)17-21(3)49-22(4)18-40/h7-14,19-22,43-46H,5,15-18H2,1-4,6H3/b34-24-. The highest BCUT2D eigenvalue weighted by molar-refractivity contribution is 6.52. The fourth-order valence-electron chi connectivity index (χ4n) is 9.14. The lowest BCUT2D eigenvalue weighted by Gasteiger charge is -2.48. The Morgan fingerprint density at radius 1 is 0.796 bits per heavy atom. The number of hydrogen-bond donors (Lipinski definition) is 4. The summed E-state index contributed by atoms with van der Waals surface area (Å²) < 4.78 is 12.1. The fourth-order valence-corrected chi connectivity index (χ4v) is 9.58. The van der Waals surface area contributed by atoms with Crippen molar-refractivity contribution in [3.63, 3.8) is 0 Å². The van der Waals surface area contributed by atoms with Crippen molar-refractivity contribution in [2.24, 2.45) is 0 Å². The van der Waals surface area contributed by atoms with Crippen LogP contribution in [0.5, 0.6) is 0 Å². The zero-order chi connectivity index (χ0) is 34.6. The van der Waals surface area contributed by atoms with Gasteiger partial charge in [-0.1, -0.05) is 54.0 Å². The van der Waals surface area contributed by atoms with E-state index in [2.05, 4.69) is 57.1 Å². The number of ether oxygens (including phenoxy) is 2. The Morgan fingerprint density at radius 2 is 1.39 bits per heavy atom. The van der Waals surface area contributed by atoms with Crippen LogP contribution in [0, 0.1) is 0 Å². The van der Waals surface area contributed by atoms with Crippen LogP contribution in [0.2, 0.25) is 10.0 Å². The van der Waals surface area contributed by atoms with Gasteiger partial charge in [0.25, 0.3) is 0 Å². The second-order valence-corrected chi connectivity index (χ2v) is 15.7. The molecule has 4 aromatic rings. The molecule has 254 valence electrons. The number of anilines is 3. The van der Waals surface area contributed by atoms with Crippen LogP contribution in [0.1, 0.15) is 65.9 Å². The molecule has 4 N–H and O–H groups in total. The van der Waals surface area contributed by atoms with Crippen LogP contribution in [0.25, 0.3) is 39.3 Å². The quantitative estimate of drug-likeness (QED) is 0.171. The second-order valence-electron chi connectivity index (χ2n) is 14.9. The summed E-state index contributed by atoms with van der Waals surface area (Å²) in [5.41, 5.74) is 3.06. The Labute approximate surface area is 295 Å². The number of hydrogen-bond acceptors (Lipinski definition) is 7. The highest BCUT2D eigenvalue weighted by Gasteiger charge is 2.44. The SMILES string of the molecule is C=c1/c(=C2\C(=O)C(c3ccc4c(Cl)ccc5c4c3NC3(CC(C)OC(C)C3)N5)=C2O)ccc2c(Cl)ccc(NC3(C)CC(C)OC(C)C3)c12. The van der Waals surface area contributed by atoms with Crippen molar-refractivity contribution in [1.29, 1.82) is 0 Å². The number of aliphatic hydroxyl groups excluding tert-OH is 1. The minimum Gasteiger partial charge on any atom is -0.506 e. The maximum absolute atomic E-state index is 14.3. The van der Waals surface area contributed by atoms with Crippen LogP contribution in [-0.2, 0) is 14.3 Å². The Kier molecular flexibility index (Phi) is 7.54. The van der Waals surface area contributed by atoms with Gasteiger partial charge in [-0.05, 0) is 82.2 Å². The van der Waals surface area contributed by atoms with Gasteiger partial charge < -0.3 is 30.5 Å². The zero-order valence-electron chi connectivity index (χ0n) is 28.4. The predicted molar refractivity (Wildman–Crippen MR) is 201 cm³/mol. The van der Waals surface area contributed by atoms with E-state index in [1.807, 2.05) is 48.5 Å². The molecule has 0 aromatic heterocycles. The van der Waals surface area contributed by atoms with E-state index in [9.17, 15) is 9.90 Å². The average Bonchev–Trinajstić information content (AvgIpc) is 3.01. The minimum absolute atomic E-state index is 0.0234. The van der Waals surface area contributed by atoms with E-state index in [0.29, 0.717) is 26.0 Å². The van der Waals surface area contributed by atoms with Crippen molar-refractivity contribution < 1.29 is 19.4 Å². The number of halogens is 2. The normalized spacial score (nSPS) is 30.7. The van der Waals surface area contributed by atoms with Gasteiger partial charge in [0.05, 0.1) is 41.2 Å². The molecular formula is C40H41Cl2N3O4. The average molecular weight is 699 g/mol. The first-order valence-corrected chi connectivity index (χ1v) is 17.9. The highest BCUT2D eigenvalue weighted by Crippen LogP contribution is 2.50. The van der Waals surface area contributed by atoms with Crippen LogP contribution < -0.4 is 26.4 Å². The molecule has 49 heavy (non-hydrogen) atoms. The smallest absolute Gasteiger partial charge is 0.201 e. The Hall–Kier alpha value is -3.75. The van der Waals surface area contributed by atoms with Crippen LogP contribution in [-0.4, -0.2) is 46.5 Å². The molecule has 3 aliphatic heterocycles. The Morgan fingerprint density at radius 3 is 2.04 bits per heavy atom. The van der Waals surface area contributed by atoms with Gasteiger partial charge >= 0.3 is 0 Å². The minimum atomic E-state index is -0.491. The van der Waals surface area contributed by atoms with Crippen molar-refractivity contribution in [3.8, 4) is 0 Å². The molecule has 2 fully saturated rings. The summed E-state index contributed by atoms with van der Waals surface area (Å²) in [5.74, 6) is -0.285. The van der Waals surface area contributed by atoms with Crippen molar-refractivity contribution in [2.75, 3.05) is 16.0 Å². The number of aliphatic hydroxyl groups is 1. The molecule has 4 aromatic carbocycles. The molecule has 0 radical (unpaired) electrons. The molecule has 3 heterocycles. The maximum atomic E-state index is 14.3. The topological polar surface area (TPSA) is 91.9 Å². The molecule has 9 heteroatoms. The predicted octanol–water partition coefficient (Wildman–Crippen LogP) is 8.29. The van der Waals surface area contributed by atoms with Gasteiger partial charge in [-0.25, -0.2) is 0 Å². The number of nitrogens with one attached hydrogen (secondary N) is 3. The van der Waals surface area contributed by atoms with Gasteiger partial charge in [-0.3, -0.25) is 4.79 Å². The van der Waals surface area contributed by atoms with Crippen molar-refractivity contribution in [1.82, 2.24) is 0 Å². The molecule has 0 saturated carbocycles. The van der Waals surface area contributed by atoms with Crippen molar-refractivity contribution in [2.45, 2.75) is 95.9 Å². The molecule has 2 saturated heterocycles. The molecular weight excluding hydrogens is 657 g/mol. The van der Waals surface area contributed by atoms with E-state index < -0.39 is 5.66 Å². The third kappa shape index (κ3) is 5.20. The molecule has 4 atom stereocenters. The first-order chi connectivity index (χ1) is 23.3. The summed E-state index contributed by atoms with van der Waals surface area (Å²) in [4.78, 5) is 14.3. The van der Waals surface area contributed by atoms with Crippen LogP contribution in [0.15, 0.2) is 54.3 Å². The zero-order valence-corrected chi connectivity index (χ0v) is 29.9. The van der Waals surface area contributed by atoms with Crippen LogP contribution in [0.4, 0.5) is 17.1 Å². The highest BCUT2D eigenvalue weighted by atomic mass is 35.5. The van der Waals surface area contributed by atoms with E-state index >= 15 is 0 Å². The molecule has 4 aliphatic rings. The van der Waals surface area contributed by atoms with Gasteiger partial charge in [-0.15, -0.1) is 0 Å². The third-order valence-corrected chi connectivity index (χ3v) is 11.3. The van der Waals surface area contributed by atoms with E-state index in [4.69, 9.17) is 32.7 Å². The summed E-state index contributed by atoms with van der Waals surface area (Å²) in [6.45, 7) is 15.0. The lowest BCUT2D eigenvalue weighted by atomic mass is 9.79. The van der Waals surface area contributed by atoms with Gasteiger partial charge in [0.15, 0.2) is 0 Å². The number of allylic oxidation sites excluding steroid dienone is 2. The Bertz CT molecular complexity index is 2230. The number of benzene rings is 4. The van der Waals surface area contributed by atoms with Crippen LogP contribution >= 0.6 is 23.2 Å². The third-order valence-electron chi connectivity index (χ3n) is 10.7. The summed E-state index contributed by atoms with van der Waals surface area (Å²) in [6.07, 6.45) is 3.39. The molecule has 1 spiro atoms. The number of ketones is 1. The first-order valence-electron chi connectivity index (χ1n) is 17.1. The first kappa shape index (κ1) is 32.5. The Balaban J connectivity index is 1.28. The maximum Gasteiger partial charge on any atom is 0.201 e. The molecule has 8 rings (SSSR count). The molecule has 7 nitrogen and oxygen atoms in total. The number of carbonyl (C=O) groups is 1. The fraction of sp³-hybridized carbons (Fsp3) is 0.375. The number of rotatable bonds is 3. The number of Topliss-reactive ketones (excluding diaryl/α,β-unsaturated/α-hetero) is 1. The van der Waals surface area contributed by atoms with Gasteiger partial charge in [0.2, 0.25) is 5.78 Å². The molecule has 0 bridgehead atoms. The monoisotopic (exact) mass is 697 g/mol. The molecule has 4 unspecified atom stereocenters. The van der Waals surface area contributed by atoms with Gasteiger partial charge in [0.1, 0.15) is 11.4 Å². The lowest BCUT2D eigenvalue weighted by Crippen LogP contribution is -2.55. The number of fused-ring (bicyclic) bond motifs is 1. The van der Waals surface area contributed by atoms with Gasteiger partial charge in [0, 0.05) is 66.9 Å².